The molecule has 0 aliphatic heterocycles. The number of nitrogens with one attached hydrogen (secondary N) is 2. The first-order chi connectivity index (χ1) is 9.63. The molecule has 0 unspecified atom stereocenters. The zero-order chi connectivity index (χ0) is 16.6. The van der Waals surface area contributed by atoms with Gasteiger partial charge in [0.2, 0.25) is 23.6 Å². The SMILES string of the molecule is CC(=O)N[C@@H](CCC(N)=O)C(=O)N[C@@H](CC(C)C)C(N)=O. The number of amides is 4. The summed E-state index contributed by atoms with van der Waals surface area (Å²) in [5, 5.41) is 4.92. The predicted molar refractivity (Wildman–Crippen MR) is 76.6 cm³/mol. The van der Waals surface area contributed by atoms with Crippen LogP contribution in [0.3, 0.4) is 0 Å². The fourth-order valence-corrected chi connectivity index (χ4v) is 1.79. The molecule has 0 aliphatic carbocycles. The van der Waals surface area contributed by atoms with E-state index < -0.39 is 35.7 Å². The lowest BCUT2D eigenvalue weighted by Crippen LogP contribution is -2.53. The van der Waals surface area contributed by atoms with E-state index in [9.17, 15) is 19.2 Å². The van der Waals surface area contributed by atoms with Crippen LogP contribution >= 0.6 is 0 Å². The summed E-state index contributed by atoms with van der Waals surface area (Å²) in [5.41, 5.74) is 10.3. The van der Waals surface area contributed by atoms with Crippen molar-refractivity contribution in [2.75, 3.05) is 0 Å². The lowest BCUT2D eigenvalue weighted by molar-refractivity contribution is -0.131. The molecule has 0 aromatic heterocycles. The minimum absolute atomic E-state index is 0.0518. The van der Waals surface area contributed by atoms with E-state index in [-0.39, 0.29) is 18.8 Å². The standard InChI is InChI=1S/C13H24N4O4/c1-7(2)6-10(12(15)20)17-13(21)9(16-8(3)18)4-5-11(14)19/h7,9-10H,4-6H2,1-3H3,(H2,14,19)(H2,15,20)(H,16,18)(H,17,21)/t9-,10-/m0/s1. The molecule has 21 heavy (non-hydrogen) atoms. The van der Waals surface area contributed by atoms with Crippen LogP contribution in [-0.4, -0.2) is 35.7 Å². The molecule has 8 heteroatoms. The molecule has 0 fully saturated rings. The van der Waals surface area contributed by atoms with Crippen LogP contribution in [0.1, 0.15) is 40.0 Å². The number of carbonyl (C=O) groups is 4. The summed E-state index contributed by atoms with van der Waals surface area (Å²) in [6, 6.07) is -1.74. The fourth-order valence-electron chi connectivity index (χ4n) is 1.79. The molecule has 0 radical (unpaired) electrons. The highest BCUT2D eigenvalue weighted by molar-refractivity contribution is 5.91. The van der Waals surface area contributed by atoms with Gasteiger partial charge in [0, 0.05) is 13.3 Å². The zero-order valence-corrected chi connectivity index (χ0v) is 12.6. The first kappa shape index (κ1) is 18.9. The number of rotatable bonds is 9. The van der Waals surface area contributed by atoms with E-state index in [1.165, 1.54) is 6.92 Å². The van der Waals surface area contributed by atoms with Gasteiger partial charge in [0.1, 0.15) is 12.1 Å². The molecular formula is C13H24N4O4. The minimum atomic E-state index is -0.927. The van der Waals surface area contributed by atoms with Crippen molar-refractivity contribution < 1.29 is 19.2 Å². The molecule has 0 aromatic carbocycles. The molecule has 0 rings (SSSR count). The minimum Gasteiger partial charge on any atom is -0.370 e. The topological polar surface area (TPSA) is 144 Å². The van der Waals surface area contributed by atoms with E-state index in [2.05, 4.69) is 10.6 Å². The van der Waals surface area contributed by atoms with E-state index in [0.717, 1.165) is 0 Å². The number of hydrogen-bond donors (Lipinski definition) is 4. The Morgan fingerprint density at radius 1 is 1.00 bits per heavy atom. The molecule has 120 valence electrons. The van der Waals surface area contributed by atoms with Crippen molar-refractivity contribution in [3.63, 3.8) is 0 Å². The number of hydrogen-bond acceptors (Lipinski definition) is 4. The van der Waals surface area contributed by atoms with Gasteiger partial charge in [-0.3, -0.25) is 19.2 Å². The Hall–Kier alpha value is -2.12. The van der Waals surface area contributed by atoms with Gasteiger partial charge in [-0.2, -0.15) is 0 Å². The van der Waals surface area contributed by atoms with Gasteiger partial charge < -0.3 is 22.1 Å². The maximum Gasteiger partial charge on any atom is 0.243 e. The van der Waals surface area contributed by atoms with Crippen LogP contribution < -0.4 is 22.1 Å². The molecule has 0 saturated heterocycles. The van der Waals surface area contributed by atoms with Crippen LogP contribution in [0, 0.1) is 5.92 Å². The highest BCUT2D eigenvalue weighted by atomic mass is 16.2. The molecule has 0 bridgehead atoms. The maximum absolute atomic E-state index is 12.1. The summed E-state index contributed by atoms with van der Waals surface area (Å²) in [6.45, 7) is 5.03. The smallest absolute Gasteiger partial charge is 0.243 e. The molecule has 0 aromatic rings. The third kappa shape index (κ3) is 8.61. The molecule has 8 nitrogen and oxygen atoms in total. The van der Waals surface area contributed by atoms with E-state index in [1.54, 1.807) is 0 Å². The molecule has 0 aliphatic rings. The molecule has 0 spiro atoms. The fraction of sp³-hybridized carbons (Fsp3) is 0.692. The van der Waals surface area contributed by atoms with Gasteiger partial charge >= 0.3 is 0 Å². The Bertz CT molecular complexity index is 409. The Labute approximate surface area is 124 Å². The van der Waals surface area contributed by atoms with Gasteiger partial charge in [-0.15, -0.1) is 0 Å². The number of nitrogens with two attached hydrogens (primary N) is 2. The van der Waals surface area contributed by atoms with Crippen LogP contribution in [0.15, 0.2) is 0 Å². The van der Waals surface area contributed by atoms with Gasteiger partial charge in [-0.05, 0) is 18.8 Å². The summed E-state index contributed by atoms with van der Waals surface area (Å²) >= 11 is 0. The quantitative estimate of drug-likeness (QED) is 0.422. The number of primary amides is 2. The maximum atomic E-state index is 12.1. The normalized spacial score (nSPS) is 13.3. The van der Waals surface area contributed by atoms with E-state index in [1.807, 2.05) is 13.8 Å². The van der Waals surface area contributed by atoms with Crippen LogP contribution in [0.5, 0.6) is 0 Å². The lowest BCUT2D eigenvalue weighted by atomic mass is 10.0. The summed E-state index contributed by atoms with van der Waals surface area (Å²) in [7, 11) is 0. The van der Waals surface area contributed by atoms with E-state index in [4.69, 9.17) is 11.5 Å². The third-order valence-electron chi connectivity index (χ3n) is 2.74. The lowest BCUT2D eigenvalue weighted by Gasteiger charge is -2.22. The van der Waals surface area contributed by atoms with E-state index in [0.29, 0.717) is 6.42 Å². The Morgan fingerprint density at radius 3 is 1.95 bits per heavy atom. The average molecular weight is 300 g/mol. The average Bonchev–Trinajstić information content (AvgIpc) is 2.32. The third-order valence-corrected chi connectivity index (χ3v) is 2.74. The Morgan fingerprint density at radius 2 is 1.57 bits per heavy atom. The second kappa shape index (κ2) is 8.93. The van der Waals surface area contributed by atoms with Crippen molar-refractivity contribution >= 4 is 23.6 Å². The molecule has 2 atom stereocenters. The van der Waals surface area contributed by atoms with Crippen molar-refractivity contribution in [1.29, 1.82) is 0 Å². The van der Waals surface area contributed by atoms with E-state index >= 15 is 0 Å². The zero-order valence-electron chi connectivity index (χ0n) is 12.6. The molecule has 6 N–H and O–H groups in total. The van der Waals surface area contributed by atoms with Crippen LogP contribution in [0.2, 0.25) is 0 Å². The van der Waals surface area contributed by atoms with Crippen molar-refractivity contribution in [3.8, 4) is 0 Å². The Balaban J connectivity index is 4.79. The van der Waals surface area contributed by atoms with Gasteiger partial charge in [0.25, 0.3) is 0 Å². The second-order valence-corrected chi connectivity index (χ2v) is 5.35. The first-order valence-corrected chi connectivity index (χ1v) is 6.78. The van der Waals surface area contributed by atoms with Crippen LogP contribution in [0.25, 0.3) is 0 Å². The van der Waals surface area contributed by atoms with Crippen molar-refractivity contribution in [3.05, 3.63) is 0 Å². The highest BCUT2D eigenvalue weighted by Gasteiger charge is 2.25. The van der Waals surface area contributed by atoms with Crippen molar-refractivity contribution in [2.45, 2.75) is 52.1 Å². The first-order valence-electron chi connectivity index (χ1n) is 6.78. The van der Waals surface area contributed by atoms with Crippen LogP contribution in [-0.2, 0) is 19.2 Å². The van der Waals surface area contributed by atoms with Gasteiger partial charge in [-0.1, -0.05) is 13.8 Å². The van der Waals surface area contributed by atoms with Crippen LogP contribution in [0.4, 0.5) is 0 Å². The number of carbonyl (C=O) groups excluding carboxylic acids is 4. The highest BCUT2D eigenvalue weighted by Crippen LogP contribution is 2.06. The molecule has 4 amide bonds. The summed E-state index contributed by atoms with van der Waals surface area (Å²) in [6.07, 6.45) is 0.404. The summed E-state index contributed by atoms with van der Waals surface area (Å²) in [5.74, 6) is -2.04. The molecular weight excluding hydrogens is 276 g/mol. The predicted octanol–water partition coefficient (Wildman–Crippen LogP) is -1.23. The second-order valence-electron chi connectivity index (χ2n) is 5.35. The van der Waals surface area contributed by atoms with Crippen molar-refractivity contribution in [2.24, 2.45) is 17.4 Å². The summed E-state index contributed by atoms with van der Waals surface area (Å²) in [4.78, 5) is 45.3. The van der Waals surface area contributed by atoms with Crippen molar-refractivity contribution in [1.82, 2.24) is 10.6 Å². The van der Waals surface area contributed by atoms with Gasteiger partial charge in [0.15, 0.2) is 0 Å². The summed E-state index contributed by atoms with van der Waals surface area (Å²) < 4.78 is 0. The largest absolute Gasteiger partial charge is 0.370 e. The Kier molecular flexibility index (Phi) is 8.03. The monoisotopic (exact) mass is 300 g/mol. The molecule has 0 heterocycles. The molecule has 0 saturated carbocycles. The van der Waals surface area contributed by atoms with Gasteiger partial charge in [-0.25, -0.2) is 0 Å². The van der Waals surface area contributed by atoms with Gasteiger partial charge in [0.05, 0.1) is 0 Å².